The summed E-state index contributed by atoms with van der Waals surface area (Å²) >= 11 is 0. The van der Waals surface area contributed by atoms with Gasteiger partial charge in [0.15, 0.2) is 0 Å². The summed E-state index contributed by atoms with van der Waals surface area (Å²) in [6.45, 7) is 15.8. The van der Waals surface area contributed by atoms with Gasteiger partial charge in [0.1, 0.15) is 24.4 Å². The van der Waals surface area contributed by atoms with Gasteiger partial charge in [-0.05, 0) is 36.3 Å². The van der Waals surface area contributed by atoms with Crippen LogP contribution in [0.5, 0.6) is 0 Å². The van der Waals surface area contributed by atoms with Crippen LogP contribution in [0.15, 0.2) is 23.3 Å². The monoisotopic (exact) mass is 478 g/mol. The van der Waals surface area contributed by atoms with Gasteiger partial charge in [-0.25, -0.2) is 0 Å². The van der Waals surface area contributed by atoms with Crippen LogP contribution >= 0.6 is 0 Å². The number of fused-ring (bicyclic) bond motifs is 3. The van der Waals surface area contributed by atoms with E-state index in [9.17, 15) is 24.6 Å². The van der Waals surface area contributed by atoms with Crippen molar-refractivity contribution in [1.29, 1.82) is 0 Å². The summed E-state index contributed by atoms with van der Waals surface area (Å²) in [5, 5.41) is 23.1. The topological polar surface area (TPSA) is 119 Å². The van der Waals surface area contributed by atoms with E-state index in [4.69, 9.17) is 14.2 Å². The zero-order valence-electron chi connectivity index (χ0n) is 21.2. The summed E-state index contributed by atoms with van der Waals surface area (Å²) in [6, 6.07) is 0. The maximum Gasteiger partial charge on any atom is 0.303 e. The predicted molar refractivity (Wildman–Crippen MR) is 123 cm³/mol. The molecule has 0 saturated heterocycles. The lowest BCUT2D eigenvalue weighted by molar-refractivity contribution is -0.198. The van der Waals surface area contributed by atoms with Crippen LogP contribution in [-0.4, -0.2) is 58.6 Å². The molecular formula is C26H38O8. The minimum atomic E-state index is -1.18. The largest absolute Gasteiger partial charge is 0.462 e. The molecule has 3 aliphatic carbocycles. The summed E-state index contributed by atoms with van der Waals surface area (Å²) in [7, 11) is 0. The maximum absolute atomic E-state index is 12.4. The Hall–Kier alpha value is -2.19. The number of aliphatic hydroxyl groups is 2. The van der Waals surface area contributed by atoms with Crippen LogP contribution in [0.4, 0.5) is 0 Å². The Kier molecular flexibility index (Phi) is 7.08. The van der Waals surface area contributed by atoms with Gasteiger partial charge in [0.25, 0.3) is 0 Å². The number of carbonyl (C=O) groups excluding carboxylic acids is 3. The Bertz CT molecular complexity index is 918. The van der Waals surface area contributed by atoms with Crippen molar-refractivity contribution >= 4 is 17.9 Å². The minimum Gasteiger partial charge on any atom is -0.462 e. The number of aliphatic hydroxyl groups excluding tert-OH is 2. The van der Waals surface area contributed by atoms with Gasteiger partial charge in [0.05, 0.1) is 6.10 Å². The van der Waals surface area contributed by atoms with Crippen LogP contribution in [-0.2, 0) is 28.6 Å². The third kappa shape index (κ3) is 4.31. The zero-order chi connectivity index (χ0) is 25.7. The molecule has 0 aromatic rings. The van der Waals surface area contributed by atoms with E-state index < -0.39 is 71.1 Å². The normalized spacial score (nSPS) is 39.3. The first-order valence-corrected chi connectivity index (χ1v) is 11.9. The van der Waals surface area contributed by atoms with Crippen molar-refractivity contribution in [2.75, 3.05) is 0 Å². The Morgan fingerprint density at radius 3 is 2.06 bits per heavy atom. The lowest BCUT2D eigenvalue weighted by atomic mass is 9.49. The molecule has 0 aromatic heterocycles. The average Bonchev–Trinajstić information content (AvgIpc) is 2.66. The fraction of sp³-hybridized carbons (Fsp3) is 0.731. The second-order valence-corrected chi connectivity index (χ2v) is 11.0. The molecule has 0 aromatic carbocycles. The van der Waals surface area contributed by atoms with E-state index in [0.29, 0.717) is 30.4 Å². The fourth-order valence-corrected chi connectivity index (χ4v) is 7.04. The molecule has 34 heavy (non-hydrogen) atoms. The highest BCUT2D eigenvalue weighted by Crippen LogP contribution is 2.60. The van der Waals surface area contributed by atoms with Gasteiger partial charge in [-0.15, -0.1) is 0 Å². The summed E-state index contributed by atoms with van der Waals surface area (Å²) in [5.41, 5.74) is 0.312. The molecule has 3 aliphatic rings. The van der Waals surface area contributed by atoms with Crippen LogP contribution < -0.4 is 0 Å². The molecule has 2 saturated carbocycles. The van der Waals surface area contributed by atoms with Crippen molar-refractivity contribution in [3.8, 4) is 0 Å². The summed E-state index contributed by atoms with van der Waals surface area (Å²) in [4.78, 5) is 36.2. The van der Waals surface area contributed by atoms with Crippen molar-refractivity contribution in [1.82, 2.24) is 0 Å². The van der Waals surface area contributed by atoms with Crippen LogP contribution in [0.2, 0.25) is 0 Å². The highest BCUT2D eigenvalue weighted by Gasteiger charge is 2.63. The number of hydrogen-bond acceptors (Lipinski definition) is 8. The van der Waals surface area contributed by atoms with E-state index in [-0.39, 0.29) is 0 Å². The van der Waals surface area contributed by atoms with Crippen molar-refractivity contribution in [3.63, 3.8) is 0 Å². The van der Waals surface area contributed by atoms with Gasteiger partial charge in [0, 0.05) is 44.4 Å². The molecular weight excluding hydrogens is 440 g/mol. The third-order valence-electron chi connectivity index (χ3n) is 8.24. The molecule has 190 valence electrons. The molecule has 8 nitrogen and oxygen atoms in total. The molecule has 2 fully saturated rings. The quantitative estimate of drug-likeness (QED) is 0.361. The Morgan fingerprint density at radius 2 is 1.53 bits per heavy atom. The smallest absolute Gasteiger partial charge is 0.303 e. The zero-order valence-corrected chi connectivity index (χ0v) is 21.2. The van der Waals surface area contributed by atoms with E-state index in [0.717, 1.165) is 5.57 Å². The second kappa shape index (κ2) is 9.11. The van der Waals surface area contributed by atoms with Gasteiger partial charge in [0.2, 0.25) is 0 Å². The van der Waals surface area contributed by atoms with Crippen molar-refractivity contribution in [2.45, 2.75) is 98.2 Å². The third-order valence-corrected chi connectivity index (χ3v) is 8.24. The van der Waals surface area contributed by atoms with E-state index in [1.807, 2.05) is 27.7 Å². The van der Waals surface area contributed by atoms with Gasteiger partial charge in [-0.1, -0.05) is 32.9 Å². The van der Waals surface area contributed by atoms with Gasteiger partial charge < -0.3 is 24.4 Å². The van der Waals surface area contributed by atoms with E-state index in [2.05, 4.69) is 6.58 Å². The fourth-order valence-electron chi connectivity index (χ4n) is 7.04. The lowest BCUT2D eigenvalue weighted by Crippen LogP contribution is -2.64. The molecule has 0 amide bonds. The molecule has 0 spiro atoms. The molecule has 2 N–H and O–H groups in total. The summed E-state index contributed by atoms with van der Waals surface area (Å²) in [6.07, 6.45) is -3.25. The van der Waals surface area contributed by atoms with Gasteiger partial charge in [-0.3, -0.25) is 14.4 Å². The molecule has 2 bridgehead atoms. The first-order chi connectivity index (χ1) is 15.6. The van der Waals surface area contributed by atoms with Crippen molar-refractivity contribution < 1.29 is 38.8 Å². The van der Waals surface area contributed by atoms with E-state index >= 15 is 0 Å². The van der Waals surface area contributed by atoms with E-state index in [1.54, 1.807) is 0 Å². The minimum absolute atomic E-state index is 0.341. The predicted octanol–water partition coefficient (Wildman–Crippen LogP) is 2.85. The van der Waals surface area contributed by atoms with Crippen LogP contribution in [0.1, 0.15) is 67.7 Å². The number of carbonyl (C=O) groups is 3. The van der Waals surface area contributed by atoms with Crippen molar-refractivity contribution in [2.24, 2.45) is 22.7 Å². The first kappa shape index (κ1) is 26.4. The van der Waals surface area contributed by atoms with Crippen LogP contribution in [0.3, 0.4) is 0 Å². The average molecular weight is 479 g/mol. The second-order valence-electron chi connectivity index (χ2n) is 11.0. The highest BCUT2D eigenvalue weighted by molar-refractivity contribution is 5.67. The Labute approximate surface area is 201 Å². The molecule has 8 heteroatoms. The number of hydrogen-bond donors (Lipinski definition) is 2. The highest BCUT2D eigenvalue weighted by atomic mass is 16.6. The lowest BCUT2D eigenvalue weighted by Gasteiger charge is -2.59. The van der Waals surface area contributed by atoms with Crippen molar-refractivity contribution in [3.05, 3.63) is 23.3 Å². The molecule has 0 radical (unpaired) electrons. The number of ether oxygens (including phenoxy) is 3. The van der Waals surface area contributed by atoms with Crippen LogP contribution in [0, 0.1) is 22.7 Å². The summed E-state index contributed by atoms with van der Waals surface area (Å²) in [5.74, 6) is -2.61. The van der Waals surface area contributed by atoms with Gasteiger partial charge in [-0.2, -0.15) is 0 Å². The molecule has 0 aliphatic heterocycles. The number of rotatable bonds is 3. The SMILES string of the molecule is C=C1[C@@H](OC(C)=O)CC[C@@]2(C)[C@@H](O)[C@H](O)C3=C(C)C[C@H](OC(C)=O)[C@@H]([C@@H](OC(C)=O)[C@H]12)C3(C)C. The molecule has 8 atom stereocenters. The molecule has 0 unspecified atom stereocenters. The van der Waals surface area contributed by atoms with E-state index in [1.165, 1.54) is 20.8 Å². The standard InChI is InChI=1S/C26H38O8/c1-12-11-18(33-15(4)28)21-23(34-16(5)29)20-13(2)17(32-14(3)27)9-10-26(20,8)24(31)22(30)19(12)25(21,6)7/h17-18,20-24,30-31H,2,9-11H2,1,3-8H3/t17-,18-,20-,21-,22+,23-,24-,26+/m0/s1. The first-order valence-electron chi connectivity index (χ1n) is 11.9. The van der Waals surface area contributed by atoms with Gasteiger partial charge >= 0.3 is 17.9 Å². The Balaban J connectivity index is 2.29. The van der Waals surface area contributed by atoms with Crippen LogP contribution in [0.25, 0.3) is 0 Å². The maximum atomic E-state index is 12.4. The summed E-state index contributed by atoms with van der Waals surface area (Å²) < 4.78 is 17.3. The molecule has 3 rings (SSSR count). The molecule has 0 heterocycles. The number of esters is 3. The Morgan fingerprint density at radius 1 is 0.971 bits per heavy atom.